The summed E-state index contributed by atoms with van der Waals surface area (Å²) < 4.78 is 13.7. The number of likely N-dealkylation sites (tertiary alicyclic amines) is 1. The zero-order chi connectivity index (χ0) is 14.8. The first-order valence-corrected chi connectivity index (χ1v) is 7.25. The lowest BCUT2D eigenvalue weighted by atomic mass is 9.97. The number of rotatable bonds is 3. The molecule has 6 heteroatoms. The molecule has 3 rings (SSSR count). The molecule has 1 amide bonds. The van der Waals surface area contributed by atoms with E-state index in [0.29, 0.717) is 29.1 Å². The number of carbonyl (C=O) groups is 1. The van der Waals surface area contributed by atoms with Crippen LogP contribution in [-0.4, -0.2) is 47.5 Å². The van der Waals surface area contributed by atoms with Crippen molar-refractivity contribution in [1.82, 2.24) is 20.2 Å². The first-order valence-electron chi connectivity index (χ1n) is 7.25. The van der Waals surface area contributed by atoms with Crippen molar-refractivity contribution in [3.05, 3.63) is 29.8 Å². The van der Waals surface area contributed by atoms with Gasteiger partial charge in [-0.05, 0) is 44.5 Å². The molecule has 112 valence electrons. The standard InChI is InChI=1S/C15H19FN4O/c1-17-7-10-3-2-4-20(8-10)15(21)12-5-11(16)6-13-14(12)19-9-18-13/h5-6,9-10,17H,2-4,7-8H2,1H3,(H,18,19). The average Bonchev–Trinajstić information content (AvgIpc) is 2.94. The van der Waals surface area contributed by atoms with Gasteiger partial charge >= 0.3 is 0 Å². The SMILES string of the molecule is CNCC1CCCN(C(=O)c2cc(F)cc3[nH]cnc23)C1. The Morgan fingerprint density at radius 2 is 2.43 bits per heavy atom. The predicted molar refractivity (Wildman–Crippen MR) is 78.6 cm³/mol. The second kappa shape index (κ2) is 5.81. The lowest BCUT2D eigenvalue weighted by Gasteiger charge is -2.32. The van der Waals surface area contributed by atoms with Crippen LogP contribution in [0.4, 0.5) is 4.39 Å². The Labute approximate surface area is 122 Å². The highest BCUT2D eigenvalue weighted by Gasteiger charge is 2.26. The van der Waals surface area contributed by atoms with Crippen molar-refractivity contribution >= 4 is 16.9 Å². The van der Waals surface area contributed by atoms with Crippen LogP contribution in [0.5, 0.6) is 0 Å². The number of nitrogens with zero attached hydrogens (tertiary/aromatic N) is 2. The van der Waals surface area contributed by atoms with E-state index < -0.39 is 5.82 Å². The Balaban J connectivity index is 1.88. The van der Waals surface area contributed by atoms with Crippen molar-refractivity contribution in [2.24, 2.45) is 5.92 Å². The highest BCUT2D eigenvalue weighted by atomic mass is 19.1. The second-order valence-electron chi connectivity index (χ2n) is 5.57. The van der Waals surface area contributed by atoms with Gasteiger partial charge in [0.15, 0.2) is 0 Å². The van der Waals surface area contributed by atoms with Gasteiger partial charge in [0.05, 0.1) is 17.4 Å². The summed E-state index contributed by atoms with van der Waals surface area (Å²) in [4.78, 5) is 21.5. The molecule has 0 radical (unpaired) electrons. The molecule has 2 N–H and O–H groups in total. The third kappa shape index (κ3) is 2.76. The summed E-state index contributed by atoms with van der Waals surface area (Å²) in [5, 5.41) is 3.16. The molecule has 5 nitrogen and oxygen atoms in total. The molecule has 0 spiro atoms. The third-order valence-corrected chi connectivity index (χ3v) is 4.02. The van der Waals surface area contributed by atoms with Crippen LogP contribution in [0.15, 0.2) is 18.5 Å². The molecule has 21 heavy (non-hydrogen) atoms. The average molecular weight is 290 g/mol. The molecule has 1 aromatic heterocycles. The van der Waals surface area contributed by atoms with E-state index in [1.165, 1.54) is 18.5 Å². The maximum Gasteiger partial charge on any atom is 0.256 e. The van der Waals surface area contributed by atoms with Crippen LogP contribution < -0.4 is 5.32 Å². The fraction of sp³-hybridized carbons (Fsp3) is 0.467. The van der Waals surface area contributed by atoms with Crippen LogP contribution >= 0.6 is 0 Å². The summed E-state index contributed by atoms with van der Waals surface area (Å²) in [5.41, 5.74) is 1.44. The molecule has 1 atom stereocenters. The van der Waals surface area contributed by atoms with Gasteiger partial charge in [-0.25, -0.2) is 9.37 Å². The molecule has 0 aliphatic carbocycles. The van der Waals surface area contributed by atoms with Gasteiger partial charge in [0.25, 0.3) is 5.91 Å². The topological polar surface area (TPSA) is 61.0 Å². The fourth-order valence-corrected chi connectivity index (χ4v) is 3.05. The number of aromatic amines is 1. The Kier molecular flexibility index (Phi) is 3.88. The Morgan fingerprint density at radius 3 is 3.24 bits per heavy atom. The van der Waals surface area contributed by atoms with E-state index in [4.69, 9.17) is 0 Å². The molecular weight excluding hydrogens is 271 g/mol. The number of hydrogen-bond acceptors (Lipinski definition) is 3. The highest BCUT2D eigenvalue weighted by Crippen LogP contribution is 2.22. The zero-order valence-electron chi connectivity index (χ0n) is 12.0. The molecular formula is C15H19FN4O. The summed E-state index contributed by atoms with van der Waals surface area (Å²) in [5.74, 6) is -0.0952. The van der Waals surface area contributed by atoms with E-state index in [-0.39, 0.29) is 5.91 Å². The molecule has 0 bridgehead atoms. The number of amides is 1. The molecule has 1 aliphatic heterocycles. The van der Waals surface area contributed by atoms with Crippen LogP contribution in [0.2, 0.25) is 0 Å². The van der Waals surface area contributed by atoms with Gasteiger partial charge in [-0.2, -0.15) is 0 Å². The number of imidazole rings is 1. The fourth-order valence-electron chi connectivity index (χ4n) is 3.05. The molecule has 2 aromatic rings. The normalized spacial score (nSPS) is 19.1. The summed E-state index contributed by atoms with van der Waals surface area (Å²) in [6.45, 7) is 2.33. The van der Waals surface area contributed by atoms with Gasteiger partial charge in [0.2, 0.25) is 0 Å². The number of H-pyrrole nitrogens is 1. The first-order chi connectivity index (χ1) is 10.2. The first kappa shape index (κ1) is 14.0. The lowest BCUT2D eigenvalue weighted by molar-refractivity contribution is 0.0675. The van der Waals surface area contributed by atoms with Crippen molar-refractivity contribution in [3.63, 3.8) is 0 Å². The molecule has 1 saturated heterocycles. The number of halogens is 1. The number of nitrogens with one attached hydrogen (secondary N) is 2. The van der Waals surface area contributed by atoms with E-state index in [1.54, 1.807) is 0 Å². The van der Waals surface area contributed by atoms with E-state index in [1.807, 2.05) is 11.9 Å². The maximum absolute atomic E-state index is 13.7. The van der Waals surface area contributed by atoms with E-state index >= 15 is 0 Å². The van der Waals surface area contributed by atoms with Gasteiger partial charge in [-0.15, -0.1) is 0 Å². The minimum absolute atomic E-state index is 0.132. The number of aromatic nitrogens is 2. The number of benzene rings is 1. The summed E-state index contributed by atoms with van der Waals surface area (Å²) in [7, 11) is 1.92. The quantitative estimate of drug-likeness (QED) is 0.905. The minimum atomic E-state index is -0.418. The molecule has 2 heterocycles. The number of fused-ring (bicyclic) bond motifs is 1. The van der Waals surface area contributed by atoms with Crippen molar-refractivity contribution in [2.45, 2.75) is 12.8 Å². The monoisotopic (exact) mass is 290 g/mol. The molecule has 0 saturated carbocycles. The van der Waals surface area contributed by atoms with Gasteiger partial charge in [-0.1, -0.05) is 0 Å². The molecule has 1 aliphatic rings. The van der Waals surface area contributed by atoms with Crippen LogP contribution in [0.3, 0.4) is 0 Å². The van der Waals surface area contributed by atoms with Crippen molar-refractivity contribution in [3.8, 4) is 0 Å². The Morgan fingerprint density at radius 1 is 1.57 bits per heavy atom. The van der Waals surface area contributed by atoms with Crippen LogP contribution in [-0.2, 0) is 0 Å². The van der Waals surface area contributed by atoms with E-state index in [2.05, 4.69) is 15.3 Å². The third-order valence-electron chi connectivity index (χ3n) is 4.02. The van der Waals surface area contributed by atoms with Crippen LogP contribution in [0.25, 0.3) is 11.0 Å². The number of carbonyl (C=O) groups excluding carboxylic acids is 1. The van der Waals surface area contributed by atoms with Crippen LogP contribution in [0, 0.1) is 11.7 Å². The van der Waals surface area contributed by atoms with Crippen molar-refractivity contribution in [1.29, 1.82) is 0 Å². The van der Waals surface area contributed by atoms with Crippen LogP contribution in [0.1, 0.15) is 23.2 Å². The predicted octanol–water partition coefficient (Wildman–Crippen LogP) is 1.77. The second-order valence-corrected chi connectivity index (χ2v) is 5.57. The summed E-state index contributed by atoms with van der Waals surface area (Å²) in [6.07, 6.45) is 3.59. The van der Waals surface area contributed by atoms with Gasteiger partial charge in [0.1, 0.15) is 11.3 Å². The zero-order valence-corrected chi connectivity index (χ0v) is 12.0. The van der Waals surface area contributed by atoms with E-state index in [0.717, 1.165) is 25.9 Å². The highest BCUT2D eigenvalue weighted by molar-refractivity contribution is 6.04. The smallest absolute Gasteiger partial charge is 0.256 e. The molecule has 1 fully saturated rings. The van der Waals surface area contributed by atoms with Gasteiger partial charge < -0.3 is 15.2 Å². The van der Waals surface area contributed by atoms with Crippen molar-refractivity contribution < 1.29 is 9.18 Å². The molecule has 1 unspecified atom stereocenters. The largest absolute Gasteiger partial charge is 0.344 e. The van der Waals surface area contributed by atoms with Crippen molar-refractivity contribution in [2.75, 3.05) is 26.7 Å². The maximum atomic E-state index is 13.7. The Hall–Kier alpha value is -1.95. The lowest BCUT2D eigenvalue weighted by Crippen LogP contribution is -2.42. The number of piperidine rings is 1. The summed E-state index contributed by atoms with van der Waals surface area (Å²) >= 11 is 0. The Bertz CT molecular complexity index is 652. The van der Waals surface area contributed by atoms with Gasteiger partial charge in [0, 0.05) is 13.1 Å². The molecule has 1 aromatic carbocycles. The number of hydrogen-bond donors (Lipinski definition) is 2. The van der Waals surface area contributed by atoms with E-state index in [9.17, 15) is 9.18 Å². The summed E-state index contributed by atoms with van der Waals surface area (Å²) in [6, 6.07) is 2.65. The van der Waals surface area contributed by atoms with Gasteiger partial charge in [-0.3, -0.25) is 4.79 Å². The minimum Gasteiger partial charge on any atom is -0.344 e.